The molecule has 2 aliphatic carbocycles. The topological polar surface area (TPSA) is 66.4 Å². The maximum Gasteiger partial charge on any atom is 0.337 e. The van der Waals surface area contributed by atoms with Crippen LogP contribution in [0.1, 0.15) is 29.6 Å². The molecule has 1 aromatic carbocycles. The van der Waals surface area contributed by atoms with Crippen LogP contribution in [0.3, 0.4) is 0 Å². The van der Waals surface area contributed by atoms with E-state index in [9.17, 15) is 9.59 Å². The lowest BCUT2D eigenvalue weighted by molar-refractivity contribution is -0.117. The van der Waals surface area contributed by atoms with Crippen LogP contribution < -0.4 is 5.32 Å². The Morgan fingerprint density at radius 2 is 2.05 bits per heavy atom. The molecule has 5 heteroatoms. The van der Waals surface area contributed by atoms with Crippen molar-refractivity contribution < 1.29 is 14.7 Å². The van der Waals surface area contributed by atoms with Crippen molar-refractivity contribution in [3.8, 4) is 0 Å². The molecule has 2 fully saturated rings. The number of anilines is 1. The van der Waals surface area contributed by atoms with Crippen LogP contribution in [0, 0.1) is 17.8 Å². The fraction of sp³-hybridized carbons (Fsp3) is 0.429. The van der Waals surface area contributed by atoms with Crippen LogP contribution in [0.5, 0.6) is 0 Å². The number of carboxylic acids is 1. The summed E-state index contributed by atoms with van der Waals surface area (Å²) in [4.78, 5) is 22.8. The Morgan fingerprint density at radius 1 is 1.32 bits per heavy atom. The summed E-state index contributed by atoms with van der Waals surface area (Å²) >= 11 is 5.86. The first-order valence-electron chi connectivity index (χ1n) is 6.40. The van der Waals surface area contributed by atoms with Crippen molar-refractivity contribution in [1.82, 2.24) is 0 Å². The second kappa shape index (κ2) is 4.53. The molecule has 2 atom stereocenters. The summed E-state index contributed by atoms with van der Waals surface area (Å²) < 4.78 is 0. The standard InChI is InChI=1S/C14H14ClNO3/c15-12-5-8(3-4-9(12)14(18)19)16-13(17)11-6-10(11)7-1-2-7/h3-5,7,10-11H,1-2,6H2,(H,16,17)(H,18,19)/t10-,11-/m1/s1. The van der Waals surface area contributed by atoms with Gasteiger partial charge in [-0.1, -0.05) is 11.6 Å². The summed E-state index contributed by atoms with van der Waals surface area (Å²) in [5.74, 6) is 0.405. The molecule has 0 aromatic heterocycles. The van der Waals surface area contributed by atoms with Gasteiger partial charge in [0, 0.05) is 11.6 Å². The Balaban J connectivity index is 1.65. The fourth-order valence-corrected chi connectivity index (χ4v) is 2.82. The van der Waals surface area contributed by atoms with E-state index in [-0.39, 0.29) is 22.4 Å². The number of nitrogens with one attached hydrogen (secondary N) is 1. The second-order valence-corrected chi connectivity index (χ2v) is 5.74. The molecule has 0 spiro atoms. The van der Waals surface area contributed by atoms with E-state index in [2.05, 4.69) is 5.32 Å². The van der Waals surface area contributed by atoms with Crippen LogP contribution >= 0.6 is 11.6 Å². The number of carbonyl (C=O) groups excluding carboxylic acids is 1. The minimum Gasteiger partial charge on any atom is -0.478 e. The van der Waals surface area contributed by atoms with Gasteiger partial charge < -0.3 is 10.4 Å². The van der Waals surface area contributed by atoms with E-state index < -0.39 is 5.97 Å². The Kier molecular flexibility index (Phi) is 2.97. The first-order chi connectivity index (χ1) is 9.06. The summed E-state index contributed by atoms with van der Waals surface area (Å²) in [7, 11) is 0. The number of rotatable bonds is 4. The molecule has 4 nitrogen and oxygen atoms in total. The highest BCUT2D eigenvalue weighted by atomic mass is 35.5. The molecular formula is C14H14ClNO3. The molecule has 2 aliphatic rings. The molecule has 0 unspecified atom stereocenters. The number of halogens is 1. The van der Waals surface area contributed by atoms with E-state index in [0.717, 1.165) is 12.3 Å². The van der Waals surface area contributed by atoms with E-state index in [1.54, 1.807) is 6.07 Å². The maximum absolute atomic E-state index is 12.0. The highest BCUT2D eigenvalue weighted by Crippen LogP contribution is 2.54. The highest BCUT2D eigenvalue weighted by Gasteiger charge is 2.51. The Morgan fingerprint density at radius 3 is 2.63 bits per heavy atom. The van der Waals surface area contributed by atoms with Gasteiger partial charge in [0.05, 0.1) is 10.6 Å². The van der Waals surface area contributed by atoms with Crippen molar-refractivity contribution in [2.75, 3.05) is 5.32 Å². The van der Waals surface area contributed by atoms with Gasteiger partial charge in [-0.2, -0.15) is 0 Å². The van der Waals surface area contributed by atoms with Crippen molar-refractivity contribution in [3.05, 3.63) is 28.8 Å². The lowest BCUT2D eigenvalue weighted by atomic mass is 10.2. The molecule has 2 N–H and O–H groups in total. The summed E-state index contributed by atoms with van der Waals surface area (Å²) in [6.07, 6.45) is 3.50. The third kappa shape index (κ3) is 2.59. The summed E-state index contributed by atoms with van der Waals surface area (Å²) in [6.45, 7) is 0. The van der Waals surface area contributed by atoms with Crippen LogP contribution in [0.15, 0.2) is 18.2 Å². The van der Waals surface area contributed by atoms with Gasteiger partial charge >= 0.3 is 5.97 Å². The van der Waals surface area contributed by atoms with Crippen molar-refractivity contribution in [1.29, 1.82) is 0 Å². The number of carboxylic acid groups (broad SMARTS) is 1. The first-order valence-corrected chi connectivity index (χ1v) is 6.78. The molecule has 0 bridgehead atoms. The molecular weight excluding hydrogens is 266 g/mol. The van der Waals surface area contributed by atoms with Gasteiger partial charge in [-0.25, -0.2) is 4.79 Å². The predicted octanol–water partition coefficient (Wildman–Crippen LogP) is 3.02. The van der Waals surface area contributed by atoms with Crippen LogP contribution in [-0.4, -0.2) is 17.0 Å². The van der Waals surface area contributed by atoms with E-state index in [0.29, 0.717) is 11.6 Å². The quantitative estimate of drug-likeness (QED) is 0.890. The van der Waals surface area contributed by atoms with Gasteiger partial charge in [0.25, 0.3) is 0 Å². The minimum atomic E-state index is -1.07. The highest BCUT2D eigenvalue weighted by molar-refractivity contribution is 6.33. The second-order valence-electron chi connectivity index (χ2n) is 5.33. The molecule has 0 aliphatic heterocycles. The molecule has 1 aromatic rings. The zero-order valence-electron chi connectivity index (χ0n) is 10.2. The van der Waals surface area contributed by atoms with E-state index >= 15 is 0 Å². The third-order valence-corrected chi connectivity index (χ3v) is 4.18. The average Bonchev–Trinajstić information content (AvgIpc) is 3.20. The van der Waals surface area contributed by atoms with Crippen molar-refractivity contribution in [2.24, 2.45) is 17.8 Å². The number of carbonyl (C=O) groups is 2. The SMILES string of the molecule is O=C(O)c1ccc(NC(=O)[C@@H]2C[C@@H]2C2CC2)cc1Cl. The van der Waals surface area contributed by atoms with E-state index in [1.165, 1.54) is 25.0 Å². The Labute approximate surface area is 115 Å². The normalized spacial score (nSPS) is 24.9. The van der Waals surface area contributed by atoms with Crippen molar-refractivity contribution in [2.45, 2.75) is 19.3 Å². The van der Waals surface area contributed by atoms with Crippen LogP contribution in [0.2, 0.25) is 5.02 Å². The minimum absolute atomic E-state index is 0.0241. The van der Waals surface area contributed by atoms with Gasteiger partial charge in [-0.15, -0.1) is 0 Å². The molecule has 0 heterocycles. The van der Waals surface area contributed by atoms with Crippen molar-refractivity contribution in [3.63, 3.8) is 0 Å². The first kappa shape index (κ1) is 12.5. The Bertz CT molecular complexity index is 554. The Hall–Kier alpha value is -1.55. The monoisotopic (exact) mass is 279 g/mol. The zero-order chi connectivity index (χ0) is 13.6. The molecule has 2 saturated carbocycles. The third-order valence-electron chi connectivity index (χ3n) is 3.87. The average molecular weight is 280 g/mol. The van der Waals surface area contributed by atoms with Crippen molar-refractivity contribution >= 4 is 29.2 Å². The maximum atomic E-state index is 12.0. The van der Waals surface area contributed by atoms with Crippen LogP contribution in [0.4, 0.5) is 5.69 Å². The number of aromatic carboxylic acids is 1. The zero-order valence-corrected chi connectivity index (χ0v) is 11.0. The molecule has 100 valence electrons. The summed E-state index contributed by atoms with van der Waals surface area (Å²) in [5.41, 5.74) is 0.600. The number of amides is 1. The molecule has 0 radical (unpaired) electrons. The fourth-order valence-electron chi connectivity index (χ4n) is 2.56. The van der Waals surface area contributed by atoms with Gasteiger partial charge in [-0.3, -0.25) is 4.79 Å². The smallest absolute Gasteiger partial charge is 0.337 e. The lowest BCUT2D eigenvalue weighted by Gasteiger charge is -2.06. The largest absolute Gasteiger partial charge is 0.478 e. The van der Waals surface area contributed by atoms with E-state index in [1.807, 2.05) is 0 Å². The summed E-state index contributed by atoms with van der Waals surface area (Å²) in [5, 5.41) is 11.8. The van der Waals surface area contributed by atoms with Gasteiger partial charge in [-0.05, 0) is 49.3 Å². The number of benzene rings is 1. The molecule has 3 rings (SSSR count). The number of hydrogen-bond acceptors (Lipinski definition) is 2. The summed E-state index contributed by atoms with van der Waals surface area (Å²) in [6, 6.07) is 4.46. The molecule has 0 saturated heterocycles. The molecule has 1 amide bonds. The van der Waals surface area contributed by atoms with Gasteiger partial charge in [0.2, 0.25) is 5.91 Å². The predicted molar refractivity (Wildman–Crippen MR) is 71.4 cm³/mol. The van der Waals surface area contributed by atoms with Gasteiger partial charge in [0.15, 0.2) is 0 Å². The molecule has 19 heavy (non-hydrogen) atoms. The lowest BCUT2D eigenvalue weighted by Crippen LogP contribution is -2.15. The van der Waals surface area contributed by atoms with E-state index in [4.69, 9.17) is 16.7 Å². The number of hydrogen-bond donors (Lipinski definition) is 2. The van der Waals surface area contributed by atoms with Crippen LogP contribution in [0.25, 0.3) is 0 Å². The van der Waals surface area contributed by atoms with Crippen LogP contribution in [-0.2, 0) is 4.79 Å². The van der Waals surface area contributed by atoms with Gasteiger partial charge in [0.1, 0.15) is 0 Å².